The third-order valence-electron chi connectivity index (χ3n) is 3.35. The molecule has 122 valence electrons. The SMILES string of the molecule is COc1ccc(S(=O)(=O)N2CCOC(CN)C2)cc1[N+](=O)[O-]. The predicted molar refractivity (Wildman–Crippen MR) is 77.2 cm³/mol. The van der Waals surface area contributed by atoms with Gasteiger partial charge in [0.15, 0.2) is 5.75 Å². The number of nitrogens with two attached hydrogens (primary N) is 1. The molecule has 2 rings (SSSR count). The molecule has 0 aromatic heterocycles. The van der Waals surface area contributed by atoms with Gasteiger partial charge in [-0.05, 0) is 12.1 Å². The van der Waals surface area contributed by atoms with Gasteiger partial charge in [0.1, 0.15) is 0 Å². The van der Waals surface area contributed by atoms with Gasteiger partial charge < -0.3 is 15.2 Å². The van der Waals surface area contributed by atoms with Crippen molar-refractivity contribution in [2.24, 2.45) is 5.73 Å². The van der Waals surface area contributed by atoms with Crippen molar-refractivity contribution in [2.45, 2.75) is 11.0 Å². The second-order valence-electron chi connectivity index (χ2n) is 4.68. The fraction of sp³-hybridized carbons (Fsp3) is 0.500. The minimum Gasteiger partial charge on any atom is -0.490 e. The van der Waals surface area contributed by atoms with Crippen molar-refractivity contribution < 1.29 is 22.8 Å². The molecule has 1 fully saturated rings. The Morgan fingerprint density at radius 1 is 1.55 bits per heavy atom. The lowest BCUT2D eigenvalue weighted by atomic mass is 10.3. The number of nitrogens with zero attached hydrogens (tertiary/aromatic N) is 2. The highest BCUT2D eigenvalue weighted by molar-refractivity contribution is 7.89. The van der Waals surface area contributed by atoms with Gasteiger partial charge in [0.05, 0.1) is 29.6 Å². The van der Waals surface area contributed by atoms with Crippen molar-refractivity contribution in [2.75, 3.05) is 33.4 Å². The number of morpholine rings is 1. The average molecular weight is 331 g/mol. The summed E-state index contributed by atoms with van der Waals surface area (Å²) in [7, 11) is -2.57. The van der Waals surface area contributed by atoms with Gasteiger partial charge in [-0.15, -0.1) is 0 Å². The molecule has 0 aliphatic carbocycles. The first-order valence-corrected chi connectivity index (χ1v) is 7.98. The van der Waals surface area contributed by atoms with Gasteiger partial charge in [-0.25, -0.2) is 8.42 Å². The molecule has 1 unspecified atom stereocenters. The largest absolute Gasteiger partial charge is 0.490 e. The van der Waals surface area contributed by atoms with Crippen LogP contribution in [-0.2, 0) is 14.8 Å². The second kappa shape index (κ2) is 6.57. The van der Waals surface area contributed by atoms with Crippen molar-refractivity contribution in [1.29, 1.82) is 0 Å². The summed E-state index contributed by atoms with van der Waals surface area (Å²) in [5.74, 6) is 0.00534. The standard InChI is InChI=1S/C12H17N3O6S/c1-20-12-3-2-10(6-11(12)15(16)17)22(18,19)14-4-5-21-9(7-13)8-14/h2-3,6,9H,4-5,7-8,13H2,1H3. The van der Waals surface area contributed by atoms with E-state index in [-0.39, 0.29) is 43.0 Å². The molecule has 9 nitrogen and oxygen atoms in total. The van der Waals surface area contributed by atoms with E-state index in [9.17, 15) is 18.5 Å². The van der Waals surface area contributed by atoms with E-state index in [0.29, 0.717) is 0 Å². The Morgan fingerprint density at radius 2 is 2.27 bits per heavy atom. The topological polar surface area (TPSA) is 125 Å². The smallest absolute Gasteiger partial charge is 0.312 e. The van der Waals surface area contributed by atoms with Crippen LogP contribution in [0, 0.1) is 10.1 Å². The number of methoxy groups -OCH3 is 1. The first-order chi connectivity index (χ1) is 10.4. The molecule has 22 heavy (non-hydrogen) atoms. The van der Waals surface area contributed by atoms with E-state index in [2.05, 4.69) is 0 Å². The van der Waals surface area contributed by atoms with Gasteiger partial charge in [0, 0.05) is 25.7 Å². The van der Waals surface area contributed by atoms with Crippen LogP contribution in [-0.4, -0.2) is 57.1 Å². The van der Waals surface area contributed by atoms with E-state index < -0.39 is 20.6 Å². The van der Waals surface area contributed by atoms with E-state index in [1.165, 1.54) is 23.5 Å². The van der Waals surface area contributed by atoms with Crippen LogP contribution >= 0.6 is 0 Å². The molecule has 0 saturated carbocycles. The van der Waals surface area contributed by atoms with E-state index in [0.717, 1.165) is 6.07 Å². The fourth-order valence-electron chi connectivity index (χ4n) is 2.18. The van der Waals surface area contributed by atoms with Gasteiger partial charge in [0.25, 0.3) is 0 Å². The molecule has 0 bridgehead atoms. The zero-order chi connectivity index (χ0) is 16.3. The minimum atomic E-state index is -3.85. The van der Waals surface area contributed by atoms with Crippen molar-refractivity contribution >= 4 is 15.7 Å². The number of hydrogen-bond acceptors (Lipinski definition) is 7. The molecule has 10 heteroatoms. The van der Waals surface area contributed by atoms with Crippen LogP contribution in [0.5, 0.6) is 5.75 Å². The Balaban J connectivity index is 2.37. The first-order valence-electron chi connectivity index (χ1n) is 6.54. The zero-order valence-corrected chi connectivity index (χ0v) is 12.8. The normalized spacial score (nSPS) is 19.8. The molecule has 0 radical (unpaired) electrons. The van der Waals surface area contributed by atoms with Crippen molar-refractivity contribution in [3.8, 4) is 5.75 Å². The van der Waals surface area contributed by atoms with Crippen molar-refractivity contribution in [3.63, 3.8) is 0 Å². The molecule has 1 aliphatic rings. The molecule has 2 N–H and O–H groups in total. The van der Waals surface area contributed by atoms with Crippen LogP contribution < -0.4 is 10.5 Å². The lowest BCUT2D eigenvalue weighted by molar-refractivity contribution is -0.386. The zero-order valence-electron chi connectivity index (χ0n) is 12.0. The molecular weight excluding hydrogens is 314 g/mol. The van der Waals surface area contributed by atoms with Crippen LogP contribution in [0.2, 0.25) is 0 Å². The summed E-state index contributed by atoms with van der Waals surface area (Å²) in [6.45, 7) is 0.742. The summed E-state index contributed by atoms with van der Waals surface area (Å²) in [6, 6.07) is 3.56. The third kappa shape index (κ3) is 3.19. The number of hydrogen-bond donors (Lipinski definition) is 1. The number of rotatable bonds is 5. The molecular formula is C12H17N3O6S. The van der Waals surface area contributed by atoms with E-state index >= 15 is 0 Å². The van der Waals surface area contributed by atoms with Gasteiger partial charge in [-0.3, -0.25) is 10.1 Å². The minimum absolute atomic E-state index is 0.00534. The number of nitro groups is 1. The monoisotopic (exact) mass is 331 g/mol. The Hall–Kier alpha value is -1.75. The maximum Gasteiger partial charge on any atom is 0.312 e. The molecule has 1 aromatic rings. The predicted octanol–water partition coefficient (Wildman–Crippen LogP) is -0.0484. The molecule has 1 aliphatic heterocycles. The van der Waals surface area contributed by atoms with E-state index in [1.807, 2.05) is 0 Å². The Kier molecular flexibility index (Phi) is 4.96. The number of sulfonamides is 1. The summed E-state index contributed by atoms with van der Waals surface area (Å²) in [6.07, 6.45) is -0.378. The Morgan fingerprint density at radius 3 is 2.86 bits per heavy atom. The first kappa shape index (κ1) is 16.6. The van der Waals surface area contributed by atoms with Gasteiger partial charge in [-0.2, -0.15) is 4.31 Å². The molecule has 1 saturated heterocycles. The summed E-state index contributed by atoms with van der Waals surface area (Å²) in [5.41, 5.74) is 5.10. The number of benzene rings is 1. The van der Waals surface area contributed by atoms with E-state index in [4.69, 9.17) is 15.2 Å². The van der Waals surface area contributed by atoms with Gasteiger partial charge in [-0.1, -0.05) is 0 Å². The lowest BCUT2D eigenvalue weighted by Crippen LogP contribution is -2.48. The van der Waals surface area contributed by atoms with Crippen LogP contribution in [0.15, 0.2) is 23.1 Å². The maximum atomic E-state index is 12.6. The highest BCUT2D eigenvalue weighted by atomic mass is 32.2. The lowest BCUT2D eigenvalue weighted by Gasteiger charge is -2.31. The number of ether oxygens (including phenoxy) is 2. The quantitative estimate of drug-likeness (QED) is 0.592. The Labute approximate surface area is 127 Å². The van der Waals surface area contributed by atoms with Gasteiger partial charge in [0.2, 0.25) is 10.0 Å². The van der Waals surface area contributed by atoms with Crippen molar-refractivity contribution in [3.05, 3.63) is 28.3 Å². The second-order valence-corrected chi connectivity index (χ2v) is 6.62. The third-order valence-corrected chi connectivity index (χ3v) is 5.21. The summed E-state index contributed by atoms with van der Waals surface area (Å²) >= 11 is 0. The molecule has 1 aromatic carbocycles. The van der Waals surface area contributed by atoms with Crippen LogP contribution in [0.3, 0.4) is 0 Å². The Bertz CT molecular complexity index is 663. The molecule has 0 spiro atoms. The maximum absolute atomic E-state index is 12.6. The van der Waals surface area contributed by atoms with Crippen molar-refractivity contribution in [1.82, 2.24) is 4.31 Å². The fourth-order valence-corrected chi connectivity index (χ4v) is 3.65. The van der Waals surface area contributed by atoms with Crippen LogP contribution in [0.4, 0.5) is 5.69 Å². The van der Waals surface area contributed by atoms with Crippen LogP contribution in [0.25, 0.3) is 0 Å². The van der Waals surface area contributed by atoms with Crippen LogP contribution in [0.1, 0.15) is 0 Å². The summed E-state index contributed by atoms with van der Waals surface area (Å²) < 4.78 is 36.6. The highest BCUT2D eigenvalue weighted by Gasteiger charge is 2.32. The average Bonchev–Trinajstić information content (AvgIpc) is 2.54. The number of nitro benzene ring substituents is 1. The van der Waals surface area contributed by atoms with Gasteiger partial charge >= 0.3 is 5.69 Å². The molecule has 1 atom stereocenters. The summed E-state index contributed by atoms with van der Waals surface area (Å²) in [5, 5.41) is 11.0. The molecule has 0 amide bonds. The summed E-state index contributed by atoms with van der Waals surface area (Å²) in [4.78, 5) is 10.2. The molecule has 1 heterocycles. The highest BCUT2D eigenvalue weighted by Crippen LogP contribution is 2.30. The van der Waals surface area contributed by atoms with E-state index in [1.54, 1.807) is 0 Å².